The van der Waals surface area contributed by atoms with E-state index in [-0.39, 0.29) is 5.91 Å². The summed E-state index contributed by atoms with van der Waals surface area (Å²) in [4.78, 5) is 26.1. The second-order valence-corrected chi connectivity index (χ2v) is 6.80. The van der Waals surface area contributed by atoms with Crippen LogP contribution in [0.1, 0.15) is 31.8 Å². The van der Waals surface area contributed by atoms with E-state index in [4.69, 9.17) is 4.74 Å². The minimum absolute atomic E-state index is 0.184. The van der Waals surface area contributed by atoms with Crippen LogP contribution < -0.4 is 10.2 Å². The molecular formula is C25H22N2O3. The molecule has 3 rings (SSSR count). The third-order valence-electron chi connectivity index (χ3n) is 4.40. The van der Waals surface area contributed by atoms with Gasteiger partial charge in [0.2, 0.25) is 0 Å². The number of rotatable bonds is 4. The highest BCUT2D eigenvalue weighted by atomic mass is 16.5. The molecule has 1 N–H and O–H groups in total. The zero-order valence-corrected chi connectivity index (χ0v) is 17.1. The van der Waals surface area contributed by atoms with Crippen molar-refractivity contribution in [1.29, 1.82) is 0 Å². The molecule has 0 unspecified atom stereocenters. The second-order valence-electron chi connectivity index (χ2n) is 6.80. The molecule has 0 aliphatic carbocycles. The summed E-state index contributed by atoms with van der Waals surface area (Å²) < 4.78 is 4.73. The molecule has 30 heavy (non-hydrogen) atoms. The van der Waals surface area contributed by atoms with E-state index in [9.17, 15) is 9.59 Å². The molecule has 1 amide bonds. The molecule has 5 nitrogen and oxygen atoms in total. The summed E-state index contributed by atoms with van der Waals surface area (Å²) in [7, 11) is 5.25. The van der Waals surface area contributed by atoms with Gasteiger partial charge in [-0.05, 0) is 60.7 Å². The van der Waals surface area contributed by atoms with E-state index in [0.29, 0.717) is 22.4 Å². The number of nitrogens with zero attached hydrogens (tertiary/aromatic N) is 1. The molecule has 0 heterocycles. The minimum atomic E-state index is -0.401. The third-order valence-corrected chi connectivity index (χ3v) is 4.40. The number of hydrogen-bond acceptors (Lipinski definition) is 4. The predicted molar refractivity (Wildman–Crippen MR) is 119 cm³/mol. The number of nitrogens with one attached hydrogen (secondary N) is 1. The lowest BCUT2D eigenvalue weighted by molar-refractivity contribution is 0.0600. The molecule has 0 spiro atoms. The Morgan fingerprint density at radius 2 is 1.47 bits per heavy atom. The SMILES string of the molecule is COC(=O)c1cccc(C#Cc2cccc(NC(=O)c3ccc(N(C)C)cc3)c2)c1. The molecule has 0 bridgehead atoms. The van der Waals surface area contributed by atoms with Crippen molar-refractivity contribution in [2.45, 2.75) is 0 Å². The Kier molecular flexibility index (Phi) is 6.51. The monoisotopic (exact) mass is 398 g/mol. The lowest BCUT2D eigenvalue weighted by Gasteiger charge is -2.12. The largest absolute Gasteiger partial charge is 0.465 e. The normalized spacial score (nSPS) is 9.83. The van der Waals surface area contributed by atoms with Gasteiger partial charge in [-0.2, -0.15) is 0 Å². The highest BCUT2D eigenvalue weighted by Gasteiger charge is 2.07. The van der Waals surface area contributed by atoms with E-state index in [1.807, 2.05) is 61.5 Å². The van der Waals surface area contributed by atoms with Crippen LogP contribution in [0.2, 0.25) is 0 Å². The third kappa shape index (κ3) is 5.27. The van der Waals surface area contributed by atoms with Crippen LogP contribution in [0.15, 0.2) is 72.8 Å². The molecule has 5 heteroatoms. The topological polar surface area (TPSA) is 58.6 Å². The van der Waals surface area contributed by atoms with Crippen molar-refractivity contribution in [3.63, 3.8) is 0 Å². The summed E-state index contributed by atoms with van der Waals surface area (Å²) in [6, 6.07) is 21.7. The zero-order chi connectivity index (χ0) is 21.5. The lowest BCUT2D eigenvalue weighted by Crippen LogP contribution is -2.13. The van der Waals surface area contributed by atoms with Gasteiger partial charge >= 0.3 is 5.97 Å². The average Bonchev–Trinajstić information content (AvgIpc) is 2.77. The minimum Gasteiger partial charge on any atom is -0.465 e. The maximum absolute atomic E-state index is 12.5. The number of anilines is 2. The Balaban J connectivity index is 1.73. The molecule has 150 valence electrons. The highest BCUT2D eigenvalue weighted by Crippen LogP contribution is 2.15. The number of ether oxygens (including phenoxy) is 1. The van der Waals surface area contributed by atoms with Crippen molar-refractivity contribution < 1.29 is 14.3 Å². The maximum atomic E-state index is 12.5. The Morgan fingerprint density at radius 1 is 0.833 bits per heavy atom. The van der Waals surface area contributed by atoms with Crippen LogP contribution in [0.5, 0.6) is 0 Å². The summed E-state index contributed by atoms with van der Waals surface area (Å²) in [6.07, 6.45) is 0. The van der Waals surface area contributed by atoms with Gasteiger partial charge in [0, 0.05) is 42.2 Å². The summed E-state index contributed by atoms with van der Waals surface area (Å²) in [5.74, 6) is 5.51. The summed E-state index contributed by atoms with van der Waals surface area (Å²) in [5, 5.41) is 2.90. The van der Waals surface area contributed by atoms with Crippen molar-refractivity contribution in [2.24, 2.45) is 0 Å². The van der Waals surface area contributed by atoms with Crippen molar-refractivity contribution >= 4 is 23.3 Å². The van der Waals surface area contributed by atoms with Crippen LogP contribution in [0.25, 0.3) is 0 Å². The van der Waals surface area contributed by atoms with Crippen LogP contribution >= 0.6 is 0 Å². The Hall–Kier alpha value is -4.04. The van der Waals surface area contributed by atoms with Gasteiger partial charge < -0.3 is 15.0 Å². The van der Waals surface area contributed by atoms with Gasteiger partial charge in [0.15, 0.2) is 0 Å². The van der Waals surface area contributed by atoms with Crippen LogP contribution in [0, 0.1) is 11.8 Å². The number of benzene rings is 3. The first kappa shape index (κ1) is 20.7. The maximum Gasteiger partial charge on any atom is 0.337 e. The molecule has 0 radical (unpaired) electrons. The Morgan fingerprint density at radius 3 is 2.10 bits per heavy atom. The van der Waals surface area contributed by atoms with Gasteiger partial charge in [-0.1, -0.05) is 24.0 Å². The van der Waals surface area contributed by atoms with Crippen LogP contribution in [-0.4, -0.2) is 33.1 Å². The van der Waals surface area contributed by atoms with E-state index in [2.05, 4.69) is 17.2 Å². The van der Waals surface area contributed by atoms with E-state index in [1.54, 1.807) is 30.3 Å². The molecule has 3 aromatic carbocycles. The van der Waals surface area contributed by atoms with Gasteiger partial charge in [-0.25, -0.2) is 4.79 Å². The molecule has 0 aliphatic heterocycles. The van der Waals surface area contributed by atoms with Crippen LogP contribution in [0.4, 0.5) is 11.4 Å². The second kappa shape index (κ2) is 9.44. The molecule has 0 saturated carbocycles. The lowest BCUT2D eigenvalue weighted by atomic mass is 10.1. The Labute approximate surface area is 176 Å². The van der Waals surface area contributed by atoms with E-state index in [1.165, 1.54) is 7.11 Å². The van der Waals surface area contributed by atoms with Gasteiger partial charge in [-0.15, -0.1) is 0 Å². The molecule has 0 saturated heterocycles. The van der Waals surface area contributed by atoms with E-state index in [0.717, 1.165) is 11.3 Å². The highest BCUT2D eigenvalue weighted by molar-refractivity contribution is 6.04. The van der Waals surface area contributed by atoms with Crippen LogP contribution in [-0.2, 0) is 4.74 Å². The van der Waals surface area contributed by atoms with E-state index < -0.39 is 5.97 Å². The smallest absolute Gasteiger partial charge is 0.337 e. The van der Waals surface area contributed by atoms with Gasteiger partial charge in [-0.3, -0.25) is 4.79 Å². The van der Waals surface area contributed by atoms with Gasteiger partial charge in [0.1, 0.15) is 0 Å². The Bertz CT molecular complexity index is 1120. The van der Waals surface area contributed by atoms with Gasteiger partial charge in [0.25, 0.3) is 5.91 Å². The fraction of sp³-hybridized carbons (Fsp3) is 0.120. The first-order valence-corrected chi connectivity index (χ1v) is 9.35. The average molecular weight is 398 g/mol. The van der Waals surface area contributed by atoms with Gasteiger partial charge in [0.05, 0.1) is 12.7 Å². The van der Waals surface area contributed by atoms with Crippen LogP contribution in [0.3, 0.4) is 0 Å². The number of methoxy groups -OCH3 is 1. The summed E-state index contributed by atoms with van der Waals surface area (Å²) >= 11 is 0. The molecule has 0 aromatic heterocycles. The number of carbonyl (C=O) groups is 2. The fourth-order valence-corrected chi connectivity index (χ4v) is 2.78. The first-order valence-electron chi connectivity index (χ1n) is 9.35. The summed E-state index contributed by atoms with van der Waals surface area (Å²) in [5.41, 5.74) is 4.17. The number of amides is 1. The molecule has 0 atom stereocenters. The number of esters is 1. The predicted octanol–water partition coefficient (Wildman–Crippen LogP) is 4.19. The van der Waals surface area contributed by atoms with Crippen molar-refractivity contribution in [3.05, 3.63) is 95.1 Å². The van der Waals surface area contributed by atoms with Crippen molar-refractivity contribution in [2.75, 3.05) is 31.4 Å². The van der Waals surface area contributed by atoms with E-state index >= 15 is 0 Å². The molecular weight excluding hydrogens is 376 g/mol. The van der Waals surface area contributed by atoms with Crippen molar-refractivity contribution in [3.8, 4) is 11.8 Å². The molecule has 0 aliphatic rings. The molecule has 3 aromatic rings. The number of carbonyl (C=O) groups excluding carboxylic acids is 2. The zero-order valence-electron chi connectivity index (χ0n) is 17.1. The summed E-state index contributed by atoms with van der Waals surface area (Å²) in [6.45, 7) is 0. The van der Waals surface area contributed by atoms with Crippen molar-refractivity contribution in [1.82, 2.24) is 0 Å². The molecule has 0 fully saturated rings. The number of hydrogen-bond donors (Lipinski definition) is 1. The fourth-order valence-electron chi connectivity index (χ4n) is 2.78. The standard InChI is InChI=1S/C25H22N2O3/c1-27(2)23-14-12-20(13-15-23)24(28)26-22-9-5-7-19(17-22)11-10-18-6-4-8-21(16-18)25(29)30-3/h4-9,12-17H,1-3H3,(H,26,28). The quantitative estimate of drug-likeness (QED) is 0.529. The first-order chi connectivity index (χ1) is 14.5.